The number of pyridine rings is 1. The molecule has 3 heterocycles. The molecule has 0 atom stereocenters. The minimum absolute atomic E-state index is 0.189. The van der Waals surface area contributed by atoms with Gasteiger partial charge in [0, 0.05) is 25.4 Å². The van der Waals surface area contributed by atoms with Crippen LogP contribution in [-0.4, -0.2) is 52.6 Å². The molecule has 4 aromatic rings. The predicted molar refractivity (Wildman–Crippen MR) is 150 cm³/mol. The van der Waals surface area contributed by atoms with E-state index in [2.05, 4.69) is 46.7 Å². The molecule has 38 heavy (non-hydrogen) atoms. The number of anilines is 4. The Morgan fingerprint density at radius 1 is 1.03 bits per heavy atom. The van der Waals surface area contributed by atoms with Crippen LogP contribution >= 0.6 is 15.9 Å². The molecule has 9 nitrogen and oxygen atoms in total. The number of halogens is 2. The largest absolute Gasteiger partial charge is 0.508 e. The molecule has 1 fully saturated rings. The van der Waals surface area contributed by atoms with Crippen LogP contribution in [0.1, 0.15) is 12.1 Å². The van der Waals surface area contributed by atoms with E-state index in [1.165, 1.54) is 6.21 Å². The van der Waals surface area contributed by atoms with Gasteiger partial charge in [0.05, 0.1) is 30.4 Å². The molecule has 0 spiro atoms. The van der Waals surface area contributed by atoms with Crippen LogP contribution < -0.4 is 15.6 Å². The number of nitrogens with zero attached hydrogens (tertiary/aromatic N) is 5. The molecule has 0 radical (unpaired) electrons. The Morgan fingerprint density at radius 3 is 2.71 bits per heavy atom. The van der Waals surface area contributed by atoms with Crippen molar-refractivity contribution in [1.82, 2.24) is 15.0 Å². The summed E-state index contributed by atoms with van der Waals surface area (Å²) >= 11 is 3.50. The lowest BCUT2D eigenvalue weighted by molar-refractivity contribution is 0.152. The minimum atomic E-state index is -0.482. The van der Waals surface area contributed by atoms with E-state index in [0.29, 0.717) is 36.6 Å². The number of phenols is 1. The van der Waals surface area contributed by atoms with Gasteiger partial charge in [-0.05, 0) is 69.9 Å². The first kappa shape index (κ1) is 25.6. The molecule has 0 amide bonds. The highest BCUT2D eigenvalue weighted by molar-refractivity contribution is 9.10. The quantitative estimate of drug-likeness (QED) is 0.149. The number of aromatic hydroxyl groups is 1. The van der Waals surface area contributed by atoms with E-state index < -0.39 is 5.82 Å². The lowest BCUT2D eigenvalue weighted by Crippen LogP contribution is -2.28. The number of ether oxygens (including phenoxy) is 1. The molecule has 2 aromatic carbocycles. The van der Waals surface area contributed by atoms with Gasteiger partial charge in [0.2, 0.25) is 5.95 Å². The van der Waals surface area contributed by atoms with Crippen LogP contribution in [0.25, 0.3) is 11.1 Å². The van der Waals surface area contributed by atoms with Crippen molar-refractivity contribution < 1.29 is 14.2 Å². The number of hydrazone groups is 1. The summed E-state index contributed by atoms with van der Waals surface area (Å²) in [6, 6.07) is 18.7. The molecule has 1 aliphatic rings. The highest BCUT2D eigenvalue weighted by Gasteiger charge is 2.17. The standard InChI is InChI=1S/C27H25BrFN7O2/c28-25-24(32-20-7-5-18(6-8-20)19-3-1-4-22(37)15-19)10-9-21(33-25)16-31-35-27-30-17-23(29)26(34-27)36-11-2-13-38-14-12-36/h1,3-10,15-17,32,37H,2,11-14H2,(H,30,34,35)/b31-16+. The minimum Gasteiger partial charge on any atom is -0.508 e. The van der Waals surface area contributed by atoms with Crippen molar-refractivity contribution in [2.24, 2.45) is 5.10 Å². The average molecular weight is 578 g/mol. The summed E-state index contributed by atoms with van der Waals surface area (Å²) in [7, 11) is 0. The summed E-state index contributed by atoms with van der Waals surface area (Å²) in [4.78, 5) is 14.6. The number of aromatic nitrogens is 3. The van der Waals surface area contributed by atoms with Crippen LogP contribution in [-0.2, 0) is 4.74 Å². The second-order valence-electron chi connectivity index (χ2n) is 8.52. The molecule has 0 saturated carbocycles. The summed E-state index contributed by atoms with van der Waals surface area (Å²) in [6.45, 7) is 2.41. The zero-order chi connectivity index (χ0) is 26.3. The van der Waals surface area contributed by atoms with Crippen LogP contribution in [0.5, 0.6) is 5.75 Å². The Hall–Kier alpha value is -4.09. The fourth-order valence-electron chi connectivity index (χ4n) is 3.95. The molecule has 11 heteroatoms. The van der Waals surface area contributed by atoms with Gasteiger partial charge in [-0.3, -0.25) is 0 Å². The normalized spacial score (nSPS) is 13.9. The van der Waals surface area contributed by atoms with E-state index in [-0.39, 0.29) is 17.5 Å². The SMILES string of the molecule is Oc1cccc(-c2ccc(Nc3ccc(/C=N/Nc4ncc(F)c(N5CCCOCC5)n4)nc3Br)cc2)c1. The lowest BCUT2D eigenvalue weighted by Gasteiger charge is -2.21. The predicted octanol–water partition coefficient (Wildman–Crippen LogP) is 5.56. The van der Waals surface area contributed by atoms with E-state index in [1.807, 2.05) is 53.4 Å². The van der Waals surface area contributed by atoms with Crippen molar-refractivity contribution in [3.05, 3.63) is 83.0 Å². The molecule has 0 bridgehead atoms. The van der Waals surface area contributed by atoms with Crippen LogP contribution in [0.2, 0.25) is 0 Å². The van der Waals surface area contributed by atoms with Crippen molar-refractivity contribution in [2.45, 2.75) is 6.42 Å². The first-order valence-corrected chi connectivity index (χ1v) is 12.8. The van der Waals surface area contributed by atoms with E-state index in [0.717, 1.165) is 35.1 Å². The Kier molecular flexibility index (Phi) is 8.05. The maximum Gasteiger partial charge on any atom is 0.245 e. The highest BCUT2D eigenvalue weighted by Crippen LogP contribution is 2.28. The first-order chi connectivity index (χ1) is 18.5. The zero-order valence-electron chi connectivity index (χ0n) is 20.3. The second kappa shape index (κ2) is 12.0. The summed E-state index contributed by atoms with van der Waals surface area (Å²) in [5.74, 6) is 0.171. The maximum atomic E-state index is 14.3. The summed E-state index contributed by atoms with van der Waals surface area (Å²) in [5.41, 5.74) is 6.96. The molecular formula is C27H25BrFN7O2. The van der Waals surface area contributed by atoms with E-state index in [4.69, 9.17) is 4.74 Å². The molecular weight excluding hydrogens is 553 g/mol. The van der Waals surface area contributed by atoms with Crippen LogP contribution in [0.15, 0.2) is 76.6 Å². The molecule has 0 unspecified atom stereocenters. The van der Waals surface area contributed by atoms with Crippen LogP contribution in [0.4, 0.5) is 27.5 Å². The second-order valence-corrected chi connectivity index (χ2v) is 9.27. The topological polar surface area (TPSA) is 108 Å². The smallest absolute Gasteiger partial charge is 0.245 e. The number of phenolic OH excluding ortho intramolecular Hbond substituents is 1. The van der Waals surface area contributed by atoms with Gasteiger partial charge in [-0.25, -0.2) is 19.8 Å². The van der Waals surface area contributed by atoms with Crippen molar-refractivity contribution >= 4 is 45.3 Å². The van der Waals surface area contributed by atoms with Crippen LogP contribution in [0, 0.1) is 5.82 Å². The number of hydrogen-bond acceptors (Lipinski definition) is 9. The number of nitrogens with one attached hydrogen (secondary N) is 2. The number of rotatable bonds is 7. The Bertz CT molecular complexity index is 1430. The molecule has 5 rings (SSSR count). The molecule has 0 aliphatic carbocycles. The number of hydrogen-bond donors (Lipinski definition) is 3. The Labute approximate surface area is 227 Å². The Balaban J connectivity index is 1.21. The third-order valence-electron chi connectivity index (χ3n) is 5.82. The lowest BCUT2D eigenvalue weighted by atomic mass is 10.1. The molecule has 3 N–H and O–H groups in total. The monoisotopic (exact) mass is 577 g/mol. The summed E-state index contributed by atoms with van der Waals surface area (Å²) in [5, 5.41) is 17.2. The van der Waals surface area contributed by atoms with E-state index in [1.54, 1.807) is 12.1 Å². The van der Waals surface area contributed by atoms with Gasteiger partial charge < -0.3 is 20.1 Å². The third kappa shape index (κ3) is 6.42. The van der Waals surface area contributed by atoms with Gasteiger partial charge in [0.25, 0.3) is 0 Å². The van der Waals surface area contributed by atoms with E-state index in [9.17, 15) is 9.50 Å². The van der Waals surface area contributed by atoms with Gasteiger partial charge >= 0.3 is 0 Å². The van der Waals surface area contributed by atoms with Crippen molar-refractivity contribution in [3.8, 4) is 16.9 Å². The Morgan fingerprint density at radius 2 is 1.89 bits per heavy atom. The molecule has 194 valence electrons. The van der Waals surface area contributed by atoms with Gasteiger partial charge in [0.15, 0.2) is 11.6 Å². The van der Waals surface area contributed by atoms with Gasteiger partial charge in [-0.15, -0.1) is 0 Å². The maximum absolute atomic E-state index is 14.3. The van der Waals surface area contributed by atoms with Crippen molar-refractivity contribution in [2.75, 3.05) is 41.9 Å². The average Bonchev–Trinajstić information content (AvgIpc) is 3.21. The van der Waals surface area contributed by atoms with Crippen molar-refractivity contribution in [3.63, 3.8) is 0 Å². The summed E-state index contributed by atoms with van der Waals surface area (Å²) in [6.07, 6.45) is 3.47. The molecule has 2 aromatic heterocycles. The molecule has 1 saturated heterocycles. The van der Waals surface area contributed by atoms with Crippen LogP contribution in [0.3, 0.4) is 0 Å². The first-order valence-electron chi connectivity index (χ1n) is 12.0. The van der Waals surface area contributed by atoms with Gasteiger partial charge in [-0.1, -0.05) is 24.3 Å². The fraction of sp³-hybridized carbons (Fsp3) is 0.185. The van der Waals surface area contributed by atoms with Gasteiger partial charge in [0.1, 0.15) is 10.4 Å². The third-order valence-corrected chi connectivity index (χ3v) is 6.43. The zero-order valence-corrected chi connectivity index (χ0v) is 21.9. The molecule has 1 aliphatic heterocycles. The van der Waals surface area contributed by atoms with Crippen molar-refractivity contribution in [1.29, 1.82) is 0 Å². The van der Waals surface area contributed by atoms with Gasteiger partial charge in [-0.2, -0.15) is 10.1 Å². The summed E-state index contributed by atoms with van der Waals surface area (Å²) < 4.78 is 20.4. The fourth-order valence-corrected chi connectivity index (χ4v) is 4.38. The van der Waals surface area contributed by atoms with E-state index >= 15 is 0 Å². The highest BCUT2D eigenvalue weighted by atomic mass is 79.9. The number of benzene rings is 2.